The fourth-order valence-electron chi connectivity index (χ4n) is 5.52. The van der Waals surface area contributed by atoms with Gasteiger partial charge < -0.3 is 30.9 Å². The number of unbranched alkanes of at least 4 members (excludes halogenated alkanes) is 4. The fourth-order valence-corrected chi connectivity index (χ4v) is 5.52. The van der Waals surface area contributed by atoms with E-state index in [9.17, 15) is 34.6 Å². The van der Waals surface area contributed by atoms with Gasteiger partial charge >= 0.3 is 23.3 Å². The van der Waals surface area contributed by atoms with Gasteiger partial charge in [-0.25, -0.2) is 14.1 Å². The Bertz CT molecular complexity index is 2270. The van der Waals surface area contributed by atoms with Crippen molar-refractivity contribution < 1.29 is 48.4 Å². The van der Waals surface area contributed by atoms with Gasteiger partial charge in [-0.05, 0) is 95.2 Å². The third-order valence-electron chi connectivity index (χ3n) is 8.43. The summed E-state index contributed by atoms with van der Waals surface area (Å²) in [5.74, 6) is -1.40. The van der Waals surface area contributed by atoms with Crippen LogP contribution in [0, 0.1) is 20.2 Å². The van der Waals surface area contributed by atoms with Gasteiger partial charge in [-0.3, -0.25) is 29.8 Å². The van der Waals surface area contributed by atoms with Gasteiger partial charge in [0, 0.05) is 43.8 Å². The number of ether oxygens (including phenoxy) is 1. The number of carboxylic acid groups (broad SMARTS) is 1. The van der Waals surface area contributed by atoms with E-state index in [2.05, 4.69) is 45.8 Å². The summed E-state index contributed by atoms with van der Waals surface area (Å²) in [6, 6.07) is 13.0. The van der Waals surface area contributed by atoms with E-state index in [-0.39, 0.29) is 75.8 Å². The zero-order valence-corrected chi connectivity index (χ0v) is 32.0. The minimum Gasteiger partial charge on any atom is -0.481 e. The van der Waals surface area contributed by atoms with Gasteiger partial charge in [0.05, 0.1) is 40.0 Å². The van der Waals surface area contributed by atoms with E-state index in [0.29, 0.717) is 60.4 Å². The number of amides is 1. The van der Waals surface area contributed by atoms with E-state index in [1.165, 1.54) is 18.2 Å². The zero-order chi connectivity index (χ0) is 42.6. The van der Waals surface area contributed by atoms with Crippen LogP contribution in [0.3, 0.4) is 0 Å². The molecule has 2 aromatic heterocycles. The summed E-state index contributed by atoms with van der Waals surface area (Å²) in [5, 5.41) is 63.2. The molecule has 1 amide bonds. The van der Waals surface area contributed by atoms with Crippen LogP contribution in [-0.2, 0) is 19.1 Å². The van der Waals surface area contributed by atoms with E-state index in [1.54, 1.807) is 55.5 Å². The predicted molar refractivity (Wildman–Crippen MR) is 235 cm³/mol. The number of nitro benzene ring substituents is 2. The number of carboxylic acids is 1. The molecule has 0 aliphatic carbocycles. The molecule has 336 valence electrons. The van der Waals surface area contributed by atoms with E-state index in [0.717, 1.165) is 31.2 Å². The highest BCUT2D eigenvalue weighted by Gasteiger charge is 2.20. The van der Waals surface area contributed by atoms with Crippen molar-refractivity contribution in [2.45, 2.75) is 80.6 Å². The average molecular weight is 866 g/mol. The standard InChI is InChI=1S/C26H29N5O7.C12H14N4O5.3CH4/c1-2-37-26(34)19(15-17-32)10-7-18-8-11-20(12-9-18)28-23(33)6-4-3-5-16-27-21-13-14-22(31(35)36)25-24(21)29-38-30-25;17-10(18)4-2-1-3-7-13-8-5-6-9(16(19)20)12-11(8)14-21-15-12;;;/h7-15,27,32H,2-6,16-17H2,1H3,(H,28,33);5-6,13H,1-4,7H2,(H,17,18);3*1H4/b10-7+,19-15+;;;;. The first kappa shape index (κ1) is 52.7. The van der Waals surface area contributed by atoms with Gasteiger partial charge in [0.2, 0.25) is 16.9 Å². The lowest BCUT2D eigenvalue weighted by Crippen LogP contribution is -2.11. The maximum absolute atomic E-state index is 12.3. The van der Waals surface area contributed by atoms with E-state index >= 15 is 0 Å². The number of carbonyl (C=O) groups excluding carboxylic acids is 2. The summed E-state index contributed by atoms with van der Waals surface area (Å²) in [6.45, 7) is 2.89. The number of non-ortho nitro benzene ring substituents is 2. The Morgan fingerprint density at radius 2 is 1.23 bits per heavy atom. The number of aromatic nitrogens is 4. The van der Waals surface area contributed by atoms with Crippen LogP contribution < -0.4 is 16.0 Å². The molecule has 21 heteroatoms. The lowest BCUT2D eigenvalue weighted by Gasteiger charge is -2.07. The molecule has 0 saturated heterocycles. The van der Waals surface area contributed by atoms with Crippen molar-refractivity contribution in [3.63, 3.8) is 0 Å². The summed E-state index contributed by atoms with van der Waals surface area (Å²) >= 11 is 0. The molecule has 0 aliphatic heterocycles. The Hall–Kier alpha value is -7.29. The molecule has 0 fully saturated rings. The number of nitrogens with one attached hydrogen (secondary N) is 3. The predicted octanol–water partition coefficient (Wildman–Crippen LogP) is 8.33. The second-order valence-corrected chi connectivity index (χ2v) is 12.6. The minimum atomic E-state index is -0.797. The summed E-state index contributed by atoms with van der Waals surface area (Å²) in [5.41, 5.74) is 3.45. The van der Waals surface area contributed by atoms with Crippen LogP contribution in [0.4, 0.5) is 28.4 Å². The monoisotopic (exact) mass is 865 g/mol. The first-order chi connectivity index (χ1) is 28.5. The number of hydrogen-bond donors (Lipinski definition) is 5. The molecule has 0 bridgehead atoms. The Morgan fingerprint density at radius 3 is 1.69 bits per heavy atom. The number of aliphatic hydroxyl groups is 1. The lowest BCUT2D eigenvalue weighted by molar-refractivity contribution is -0.383. The van der Waals surface area contributed by atoms with Crippen LogP contribution in [0.1, 0.15) is 86.1 Å². The van der Waals surface area contributed by atoms with Crippen LogP contribution in [-0.4, -0.2) is 84.8 Å². The fraction of sp³-hybridized carbons (Fsp3) is 0.390. The number of nitro groups is 2. The molecule has 5 rings (SSSR count). The van der Waals surface area contributed by atoms with Crippen molar-refractivity contribution in [2.75, 3.05) is 42.3 Å². The Morgan fingerprint density at radius 1 is 0.726 bits per heavy atom. The molecular weight excluding hydrogens is 811 g/mol. The lowest BCUT2D eigenvalue weighted by atomic mass is 10.1. The van der Waals surface area contributed by atoms with Crippen LogP contribution in [0.2, 0.25) is 0 Å². The molecular formula is C41H55N9O12. The van der Waals surface area contributed by atoms with Gasteiger partial charge in [-0.1, -0.05) is 53.3 Å². The van der Waals surface area contributed by atoms with Crippen molar-refractivity contribution in [2.24, 2.45) is 0 Å². The maximum Gasteiger partial charge on any atom is 0.337 e. The van der Waals surface area contributed by atoms with Crippen LogP contribution in [0.5, 0.6) is 0 Å². The van der Waals surface area contributed by atoms with Gasteiger partial charge in [0.25, 0.3) is 0 Å². The Balaban J connectivity index is 0.000000683. The molecule has 0 aliphatic rings. The van der Waals surface area contributed by atoms with Crippen molar-refractivity contribution in [1.82, 2.24) is 20.6 Å². The van der Waals surface area contributed by atoms with Gasteiger partial charge in [0.15, 0.2) is 11.0 Å². The summed E-state index contributed by atoms with van der Waals surface area (Å²) in [4.78, 5) is 55.3. The molecule has 5 aromatic rings. The number of hydrogen-bond acceptors (Lipinski definition) is 17. The molecule has 62 heavy (non-hydrogen) atoms. The molecule has 0 atom stereocenters. The summed E-state index contributed by atoms with van der Waals surface area (Å²) < 4.78 is 14.2. The highest BCUT2D eigenvalue weighted by atomic mass is 16.6. The molecule has 2 heterocycles. The third-order valence-corrected chi connectivity index (χ3v) is 8.43. The quantitative estimate of drug-likeness (QED) is 0.0109. The Labute approximate surface area is 357 Å². The second-order valence-electron chi connectivity index (χ2n) is 12.6. The molecule has 0 saturated carbocycles. The SMILES string of the molecule is C.C.C.CCOC(=O)C(/C=C/c1ccc(NC(=O)CCCCCNc2ccc([N+](=O)[O-])c3nonc23)cc1)=C/CO.O=C(O)CCCCCNc1ccc([N+](=O)[O-])c2nonc12. The first-order valence-electron chi connectivity index (χ1n) is 18.6. The number of rotatable bonds is 22. The van der Waals surface area contributed by atoms with Gasteiger partial charge in [-0.15, -0.1) is 0 Å². The number of carbonyl (C=O) groups is 3. The normalized spacial score (nSPS) is 10.7. The zero-order valence-electron chi connectivity index (χ0n) is 32.0. The summed E-state index contributed by atoms with van der Waals surface area (Å²) in [6.07, 6.45) is 9.69. The number of aliphatic hydroxyl groups excluding tert-OH is 1. The van der Waals surface area contributed by atoms with Crippen molar-refractivity contribution in [3.8, 4) is 0 Å². The largest absolute Gasteiger partial charge is 0.481 e. The van der Waals surface area contributed by atoms with Crippen LogP contribution in [0.25, 0.3) is 28.1 Å². The molecule has 0 unspecified atom stereocenters. The molecule has 3 aromatic carbocycles. The van der Waals surface area contributed by atoms with E-state index < -0.39 is 21.8 Å². The number of fused-ring (bicyclic) bond motifs is 2. The van der Waals surface area contributed by atoms with E-state index in [1.807, 2.05) is 0 Å². The number of benzene rings is 3. The van der Waals surface area contributed by atoms with Crippen molar-refractivity contribution in [3.05, 3.63) is 92.0 Å². The third kappa shape index (κ3) is 16.0. The number of anilines is 3. The molecule has 21 nitrogen and oxygen atoms in total. The van der Waals surface area contributed by atoms with Gasteiger partial charge in [-0.2, -0.15) is 0 Å². The first-order valence-corrected chi connectivity index (χ1v) is 18.6. The minimum absolute atomic E-state index is 0. The van der Waals surface area contributed by atoms with Crippen LogP contribution in [0.15, 0.2) is 75.5 Å². The molecule has 0 radical (unpaired) electrons. The number of aliphatic carboxylic acids is 1. The average Bonchev–Trinajstić information content (AvgIpc) is 3.91. The van der Waals surface area contributed by atoms with E-state index in [4.69, 9.17) is 14.9 Å². The van der Waals surface area contributed by atoms with Crippen molar-refractivity contribution in [1.29, 1.82) is 0 Å². The van der Waals surface area contributed by atoms with Gasteiger partial charge in [0.1, 0.15) is 0 Å². The molecule has 5 N–H and O–H groups in total. The molecule has 0 spiro atoms. The summed E-state index contributed by atoms with van der Waals surface area (Å²) in [7, 11) is 0. The highest BCUT2D eigenvalue weighted by Crippen LogP contribution is 2.30. The highest BCUT2D eigenvalue weighted by molar-refractivity contribution is 5.95. The van der Waals surface area contributed by atoms with Crippen molar-refractivity contribution >= 4 is 74.4 Å². The number of nitrogens with zero attached hydrogens (tertiary/aromatic N) is 6. The van der Waals surface area contributed by atoms with Crippen LogP contribution >= 0.6 is 0 Å². The topological polar surface area (TPSA) is 301 Å². The second kappa shape index (κ2) is 27.5. The Kier molecular flexibility index (Phi) is 23.4. The number of esters is 1. The maximum atomic E-state index is 12.3. The smallest absolute Gasteiger partial charge is 0.337 e.